The highest BCUT2D eigenvalue weighted by Crippen LogP contribution is 2.23. The molecule has 114 valence electrons. The van der Waals surface area contributed by atoms with Crippen LogP contribution >= 0.6 is 11.6 Å². The lowest BCUT2D eigenvalue weighted by Gasteiger charge is -2.09. The summed E-state index contributed by atoms with van der Waals surface area (Å²) in [5.74, 6) is 0. The molecule has 0 aliphatic heterocycles. The third-order valence-corrected chi connectivity index (χ3v) is 5.01. The van der Waals surface area contributed by atoms with E-state index in [2.05, 4.69) is 14.7 Å². The number of H-pyrrole nitrogens is 2. The number of halogens is 1. The van der Waals surface area contributed by atoms with E-state index in [1.54, 1.807) is 31.2 Å². The zero-order valence-electron chi connectivity index (χ0n) is 11.5. The number of hydrogen-bond acceptors (Lipinski definition) is 3. The van der Waals surface area contributed by atoms with E-state index in [4.69, 9.17) is 11.6 Å². The highest BCUT2D eigenvalue weighted by Gasteiger charge is 2.15. The van der Waals surface area contributed by atoms with Crippen LogP contribution in [-0.2, 0) is 10.0 Å². The highest BCUT2D eigenvalue weighted by molar-refractivity contribution is 7.92. The van der Waals surface area contributed by atoms with Gasteiger partial charge in [0.25, 0.3) is 10.0 Å². The predicted octanol–water partition coefficient (Wildman–Crippen LogP) is 2.62. The summed E-state index contributed by atoms with van der Waals surface area (Å²) in [6.45, 7) is 1.79. The lowest BCUT2D eigenvalue weighted by atomic mass is 10.2. The van der Waals surface area contributed by atoms with E-state index in [1.165, 1.54) is 12.1 Å². The van der Waals surface area contributed by atoms with E-state index >= 15 is 0 Å². The third-order valence-electron chi connectivity index (χ3n) is 3.22. The topological polar surface area (TPSA) is 94.8 Å². The molecule has 2 aromatic carbocycles. The van der Waals surface area contributed by atoms with E-state index in [-0.39, 0.29) is 10.6 Å². The Balaban J connectivity index is 1.98. The zero-order valence-corrected chi connectivity index (χ0v) is 13.0. The largest absolute Gasteiger partial charge is 0.323 e. The monoisotopic (exact) mass is 337 g/mol. The van der Waals surface area contributed by atoms with Crippen LogP contribution < -0.4 is 10.4 Å². The number of anilines is 1. The van der Waals surface area contributed by atoms with E-state index in [9.17, 15) is 13.2 Å². The fourth-order valence-corrected chi connectivity index (χ4v) is 3.37. The van der Waals surface area contributed by atoms with Gasteiger partial charge in [-0.25, -0.2) is 13.2 Å². The van der Waals surface area contributed by atoms with Gasteiger partial charge in [0.1, 0.15) is 0 Å². The minimum atomic E-state index is -3.75. The summed E-state index contributed by atoms with van der Waals surface area (Å²) in [6.07, 6.45) is 0. The number of aryl methyl sites for hydroxylation is 1. The molecule has 0 saturated carbocycles. The van der Waals surface area contributed by atoms with Crippen LogP contribution in [0.25, 0.3) is 11.0 Å². The Hall–Kier alpha value is -2.25. The number of aromatic nitrogens is 2. The molecule has 6 nitrogen and oxygen atoms in total. The number of nitrogens with one attached hydrogen (secondary N) is 3. The van der Waals surface area contributed by atoms with E-state index in [1.807, 2.05) is 0 Å². The zero-order chi connectivity index (χ0) is 15.9. The number of fused-ring (bicyclic) bond motifs is 1. The molecule has 0 fully saturated rings. The van der Waals surface area contributed by atoms with Gasteiger partial charge in [0, 0.05) is 5.02 Å². The molecule has 0 aliphatic rings. The number of sulfonamides is 1. The van der Waals surface area contributed by atoms with Crippen LogP contribution in [0.15, 0.2) is 46.1 Å². The quantitative estimate of drug-likeness (QED) is 0.685. The van der Waals surface area contributed by atoms with Crippen LogP contribution in [0.5, 0.6) is 0 Å². The van der Waals surface area contributed by atoms with Crippen LogP contribution in [0.3, 0.4) is 0 Å². The average molecular weight is 338 g/mol. The Morgan fingerprint density at radius 1 is 1.05 bits per heavy atom. The van der Waals surface area contributed by atoms with Crippen molar-refractivity contribution in [1.82, 2.24) is 9.97 Å². The predicted molar refractivity (Wildman–Crippen MR) is 85.9 cm³/mol. The van der Waals surface area contributed by atoms with Gasteiger partial charge in [-0.15, -0.1) is 0 Å². The standard InChI is InChI=1S/C14H12ClN3O3S/c1-8-2-4-10(7-11(8)15)22(20,21)18-9-3-5-12-13(6-9)17-14(19)16-12/h2-7,18H,1H3,(H2,16,17,19). The number of aromatic amines is 2. The van der Waals surface area contributed by atoms with Crippen LogP contribution in [0.2, 0.25) is 5.02 Å². The van der Waals surface area contributed by atoms with Gasteiger partial charge >= 0.3 is 5.69 Å². The van der Waals surface area contributed by atoms with Crippen molar-refractivity contribution in [2.75, 3.05) is 4.72 Å². The number of imidazole rings is 1. The molecule has 0 atom stereocenters. The molecular formula is C14H12ClN3O3S. The molecule has 0 saturated heterocycles. The Morgan fingerprint density at radius 3 is 2.50 bits per heavy atom. The van der Waals surface area contributed by atoms with Crippen LogP contribution in [0.1, 0.15) is 5.56 Å². The first-order valence-electron chi connectivity index (χ1n) is 6.36. The Bertz CT molecular complexity index is 1020. The van der Waals surface area contributed by atoms with Crippen LogP contribution in [0, 0.1) is 6.92 Å². The fourth-order valence-electron chi connectivity index (χ4n) is 2.05. The third kappa shape index (κ3) is 2.72. The summed E-state index contributed by atoms with van der Waals surface area (Å²) in [4.78, 5) is 16.4. The second-order valence-electron chi connectivity index (χ2n) is 4.86. The van der Waals surface area contributed by atoms with Crippen molar-refractivity contribution in [3.63, 3.8) is 0 Å². The summed E-state index contributed by atoms with van der Waals surface area (Å²) < 4.78 is 27.2. The molecule has 0 bridgehead atoms. The summed E-state index contributed by atoms with van der Waals surface area (Å²) >= 11 is 5.97. The molecular weight excluding hydrogens is 326 g/mol. The SMILES string of the molecule is Cc1ccc(S(=O)(=O)Nc2ccc3[nH]c(=O)[nH]c3c2)cc1Cl. The molecule has 8 heteroatoms. The molecule has 0 spiro atoms. The highest BCUT2D eigenvalue weighted by atomic mass is 35.5. The summed E-state index contributed by atoms with van der Waals surface area (Å²) in [5.41, 5.74) is 1.92. The molecule has 3 aromatic rings. The molecule has 0 amide bonds. The molecule has 3 rings (SSSR count). The molecule has 1 heterocycles. The maximum atomic E-state index is 12.4. The smallest absolute Gasteiger partial charge is 0.306 e. The molecule has 0 radical (unpaired) electrons. The average Bonchev–Trinajstić information content (AvgIpc) is 2.80. The molecule has 0 aliphatic carbocycles. The summed E-state index contributed by atoms with van der Waals surface area (Å²) in [5, 5.41) is 0.383. The van der Waals surface area contributed by atoms with Crippen LogP contribution in [-0.4, -0.2) is 18.4 Å². The Labute approximate surface area is 131 Å². The Kier molecular flexibility index (Phi) is 3.46. The first kappa shape index (κ1) is 14.7. The van der Waals surface area contributed by atoms with Gasteiger partial charge in [0.2, 0.25) is 0 Å². The number of benzene rings is 2. The summed E-state index contributed by atoms with van der Waals surface area (Å²) in [6, 6.07) is 9.26. The molecule has 1 aromatic heterocycles. The first-order valence-corrected chi connectivity index (χ1v) is 8.22. The van der Waals surface area contributed by atoms with Crippen molar-refractivity contribution < 1.29 is 8.42 Å². The number of hydrogen-bond donors (Lipinski definition) is 3. The van der Waals surface area contributed by atoms with Gasteiger partial charge in [-0.3, -0.25) is 4.72 Å². The second kappa shape index (κ2) is 5.19. The van der Waals surface area contributed by atoms with Crippen molar-refractivity contribution in [2.24, 2.45) is 0 Å². The minimum absolute atomic E-state index is 0.0748. The Morgan fingerprint density at radius 2 is 1.77 bits per heavy atom. The van der Waals surface area contributed by atoms with Crippen molar-refractivity contribution in [2.45, 2.75) is 11.8 Å². The lowest BCUT2D eigenvalue weighted by molar-refractivity contribution is 0.601. The van der Waals surface area contributed by atoms with Crippen molar-refractivity contribution in [3.05, 3.63) is 57.5 Å². The van der Waals surface area contributed by atoms with Gasteiger partial charge in [-0.2, -0.15) is 0 Å². The molecule has 22 heavy (non-hydrogen) atoms. The van der Waals surface area contributed by atoms with Gasteiger partial charge < -0.3 is 9.97 Å². The first-order chi connectivity index (χ1) is 10.3. The van der Waals surface area contributed by atoms with Crippen molar-refractivity contribution in [1.29, 1.82) is 0 Å². The van der Waals surface area contributed by atoms with E-state index in [0.717, 1.165) is 5.56 Å². The lowest BCUT2D eigenvalue weighted by Crippen LogP contribution is -2.13. The van der Waals surface area contributed by atoms with Gasteiger partial charge in [0.05, 0.1) is 21.6 Å². The molecule has 3 N–H and O–H groups in total. The van der Waals surface area contributed by atoms with Crippen molar-refractivity contribution in [3.8, 4) is 0 Å². The van der Waals surface area contributed by atoms with Crippen molar-refractivity contribution >= 4 is 38.3 Å². The van der Waals surface area contributed by atoms with E-state index in [0.29, 0.717) is 21.7 Å². The normalized spacial score (nSPS) is 11.7. The number of rotatable bonds is 3. The van der Waals surface area contributed by atoms with Crippen LogP contribution in [0.4, 0.5) is 5.69 Å². The maximum absolute atomic E-state index is 12.4. The van der Waals surface area contributed by atoms with E-state index < -0.39 is 10.0 Å². The van der Waals surface area contributed by atoms with Gasteiger partial charge in [0.15, 0.2) is 0 Å². The summed E-state index contributed by atoms with van der Waals surface area (Å²) in [7, 11) is -3.75. The van der Waals surface area contributed by atoms with Gasteiger partial charge in [-0.05, 0) is 42.8 Å². The maximum Gasteiger partial charge on any atom is 0.323 e. The minimum Gasteiger partial charge on any atom is -0.306 e. The van der Waals surface area contributed by atoms with Gasteiger partial charge in [-0.1, -0.05) is 17.7 Å². The fraction of sp³-hybridized carbons (Fsp3) is 0.0714. The molecule has 0 unspecified atom stereocenters. The second-order valence-corrected chi connectivity index (χ2v) is 6.95.